The lowest BCUT2D eigenvalue weighted by Gasteiger charge is -2.33. The molecule has 1 aliphatic heterocycles. The Labute approximate surface area is 105 Å². The zero-order valence-corrected chi connectivity index (χ0v) is 11.2. The van der Waals surface area contributed by atoms with Crippen LogP contribution in [0, 0.1) is 11.8 Å². The number of rotatable bonds is 2. The van der Waals surface area contributed by atoms with E-state index in [2.05, 4.69) is 24.5 Å². The van der Waals surface area contributed by atoms with Gasteiger partial charge in [-0.15, -0.1) is 0 Å². The van der Waals surface area contributed by atoms with Crippen LogP contribution < -0.4 is 10.6 Å². The molecule has 0 radical (unpaired) electrons. The van der Waals surface area contributed by atoms with Crippen LogP contribution in [0.1, 0.15) is 52.4 Å². The molecule has 2 unspecified atom stereocenters. The van der Waals surface area contributed by atoms with Crippen LogP contribution in [0.4, 0.5) is 0 Å². The highest BCUT2D eigenvalue weighted by molar-refractivity contribution is 5.79. The van der Waals surface area contributed by atoms with Gasteiger partial charge in [-0.3, -0.25) is 4.79 Å². The number of hydrogen-bond acceptors (Lipinski definition) is 2. The monoisotopic (exact) mass is 238 g/mol. The molecule has 3 heteroatoms. The summed E-state index contributed by atoms with van der Waals surface area (Å²) in [6.07, 6.45) is 7.04. The molecule has 1 amide bonds. The number of carbonyl (C=O) groups is 1. The first-order valence-electron chi connectivity index (χ1n) is 7.20. The second kappa shape index (κ2) is 5.85. The summed E-state index contributed by atoms with van der Waals surface area (Å²) in [7, 11) is 0. The Bertz CT molecular complexity index is 267. The van der Waals surface area contributed by atoms with Crippen molar-refractivity contribution >= 4 is 5.91 Å². The first kappa shape index (κ1) is 12.9. The lowest BCUT2D eigenvalue weighted by molar-refractivity contribution is -0.127. The maximum atomic E-state index is 12.2. The van der Waals surface area contributed by atoms with Crippen LogP contribution in [-0.2, 0) is 4.79 Å². The molecule has 2 fully saturated rings. The Hall–Kier alpha value is -0.570. The fourth-order valence-electron chi connectivity index (χ4n) is 3.20. The average Bonchev–Trinajstić information content (AvgIpc) is 2.32. The number of amides is 1. The third-order valence-corrected chi connectivity index (χ3v) is 4.43. The Morgan fingerprint density at radius 3 is 2.65 bits per heavy atom. The fourth-order valence-corrected chi connectivity index (χ4v) is 3.20. The molecule has 2 rings (SSSR count). The fraction of sp³-hybridized carbons (Fsp3) is 0.929. The summed E-state index contributed by atoms with van der Waals surface area (Å²) in [6.45, 7) is 5.43. The van der Waals surface area contributed by atoms with E-state index in [1.807, 2.05) is 0 Å². The highest BCUT2D eigenvalue weighted by Gasteiger charge is 2.28. The van der Waals surface area contributed by atoms with E-state index in [4.69, 9.17) is 0 Å². The molecule has 3 nitrogen and oxygen atoms in total. The van der Waals surface area contributed by atoms with Crippen molar-refractivity contribution in [2.45, 2.75) is 64.5 Å². The van der Waals surface area contributed by atoms with Crippen LogP contribution in [0.3, 0.4) is 0 Å². The van der Waals surface area contributed by atoms with Crippen molar-refractivity contribution in [3.05, 3.63) is 0 Å². The third kappa shape index (κ3) is 3.44. The quantitative estimate of drug-likeness (QED) is 0.773. The zero-order valence-electron chi connectivity index (χ0n) is 11.2. The van der Waals surface area contributed by atoms with E-state index in [-0.39, 0.29) is 5.92 Å². The molecule has 2 aliphatic rings. The molecular formula is C14H26N2O. The van der Waals surface area contributed by atoms with E-state index in [0.29, 0.717) is 23.9 Å². The Morgan fingerprint density at radius 2 is 1.94 bits per heavy atom. The molecule has 17 heavy (non-hydrogen) atoms. The average molecular weight is 238 g/mol. The van der Waals surface area contributed by atoms with E-state index in [0.717, 1.165) is 19.4 Å². The van der Waals surface area contributed by atoms with Crippen LogP contribution in [0.25, 0.3) is 0 Å². The summed E-state index contributed by atoms with van der Waals surface area (Å²) < 4.78 is 0. The molecule has 0 spiro atoms. The van der Waals surface area contributed by atoms with E-state index in [1.54, 1.807) is 0 Å². The minimum atomic E-state index is 0.236. The van der Waals surface area contributed by atoms with Crippen LogP contribution in [0.5, 0.6) is 0 Å². The van der Waals surface area contributed by atoms with Crippen molar-refractivity contribution in [1.29, 1.82) is 0 Å². The number of nitrogens with one attached hydrogen (secondary N) is 2. The summed E-state index contributed by atoms with van der Waals surface area (Å²) in [6, 6.07) is 0.921. The lowest BCUT2D eigenvalue weighted by atomic mass is 9.85. The predicted octanol–water partition coefficient (Wildman–Crippen LogP) is 2.07. The van der Waals surface area contributed by atoms with Crippen LogP contribution >= 0.6 is 0 Å². The van der Waals surface area contributed by atoms with Gasteiger partial charge in [-0.25, -0.2) is 0 Å². The largest absolute Gasteiger partial charge is 0.353 e. The smallest absolute Gasteiger partial charge is 0.223 e. The number of piperidine rings is 1. The van der Waals surface area contributed by atoms with Crippen LogP contribution in [0.2, 0.25) is 0 Å². The van der Waals surface area contributed by atoms with Gasteiger partial charge < -0.3 is 10.6 Å². The van der Waals surface area contributed by atoms with Gasteiger partial charge in [0, 0.05) is 18.0 Å². The molecule has 1 saturated heterocycles. The van der Waals surface area contributed by atoms with Crippen molar-refractivity contribution in [2.24, 2.45) is 11.8 Å². The van der Waals surface area contributed by atoms with E-state index in [9.17, 15) is 4.79 Å². The van der Waals surface area contributed by atoms with Crippen LogP contribution in [0.15, 0.2) is 0 Å². The van der Waals surface area contributed by atoms with Gasteiger partial charge in [0.2, 0.25) is 5.91 Å². The van der Waals surface area contributed by atoms with Gasteiger partial charge in [-0.1, -0.05) is 19.8 Å². The SMILES string of the molecule is CC1CCCCC1NC(=O)[C@H]1CCN[C@@H](C)C1. The minimum absolute atomic E-state index is 0.236. The predicted molar refractivity (Wildman–Crippen MR) is 69.8 cm³/mol. The Kier molecular flexibility index (Phi) is 4.43. The molecule has 0 aromatic heterocycles. The minimum Gasteiger partial charge on any atom is -0.353 e. The molecule has 1 aliphatic carbocycles. The second-order valence-electron chi connectivity index (χ2n) is 5.95. The Balaban J connectivity index is 1.83. The molecule has 2 N–H and O–H groups in total. The maximum Gasteiger partial charge on any atom is 0.223 e. The summed E-state index contributed by atoms with van der Waals surface area (Å²) in [5, 5.41) is 6.69. The van der Waals surface area contributed by atoms with Gasteiger partial charge in [-0.05, 0) is 45.1 Å². The van der Waals surface area contributed by atoms with Gasteiger partial charge in [0.05, 0.1) is 0 Å². The van der Waals surface area contributed by atoms with Gasteiger partial charge in [0.1, 0.15) is 0 Å². The normalized spacial score (nSPS) is 38.7. The standard InChI is InChI=1S/C14H26N2O/c1-10-5-3-4-6-13(10)16-14(17)12-7-8-15-11(2)9-12/h10-13,15H,3-9H2,1-2H3,(H,16,17)/t10?,11-,12-,13?/m0/s1. The third-order valence-electron chi connectivity index (χ3n) is 4.43. The van der Waals surface area contributed by atoms with Gasteiger partial charge >= 0.3 is 0 Å². The molecule has 0 bridgehead atoms. The maximum absolute atomic E-state index is 12.2. The topological polar surface area (TPSA) is 41.1 Å². The van der Waals surface area contributed by atoms with E-state index >= 15 is 0 Å². The van der Waals surface area contributed by atoms with Gasteiger partial charge in [-0.2, -0.15) is 0 Å². The summed E-state index contributed by atoms with van der Waals surface area (Å²) >= 11 is 0. The van der Waals surface area contributed by atoms with Crippen molar-refractivity contribution in [3.8, 4) is 0 Å². The summed E-state index contributed by atoms with van der Waals surface area (Å²) in [5.74, 6) is 1.20. The van der Waals surface area contributed by atoms with Gasteiger partial charge in [0.15, 0.2) is 0 Å². The highest BCUT2D eigenvalue weighted by Crippen LogP contribution is 2.25. The molecule has 0 aromatic carbocycles. The lowest BCUT2D eigenvalue weighted by Crippen LogP contribution is -2.47. The molecule has 1 saturated carbocycles. The molecule has 1 heterocycles. The van der Waals surface area contributed by atoms with Crippen molar-refractivity contribution in [1.82, 2.24) is 10.6 Å². The van der Waals surface area contributed by atoms with E-state index < -0.39 is 0 Å². The van der Waals surface area contributed by atoms with Gasteiger partial charge in [0.25, 0.3) is 0 Å². The second-order valence-corrected chi connectivity index (χ2v) is 5.95. The highest BCUT2D eigenvalue weighted by atomic mass is 16.1. The summed E-state index contributed by atoms with van der Waals surface area (Å²) in [5.41, 5.74) is 0. The van der Waals surface area contributed by atoms with Crippen molar-refractivity contribution < 1.29 is 4.79 Å². The first-order valence-corrected chi connectivity index (χ1v) is 7.20. The van der Waals surface area contributed by atoms with Crippen molar-refractivity contribution in [2.75, 3.05) is 6.54 Å². The van der Waals surface area contributed by atoms with E-state index in [1.165, 1.54) is 25.7 Å². The molecule has 98 valence electrons. The summed E-state index contributed by atoms with van der Waals surface area (Å²) in [4.78, 5) is 12.2. The Morgan fingerprint density at radius 1 is 1.18 bits per heavy atom. The van der Waals surface area contributed by atoms with Crippen LogP contribution in [-0.4, -0.2) is 24.5 Å². The molecular weight excluding hydrogens is 212 g/mol. The number of carbonyl (C=O) groups excluding carboxylic acids is 1. The number of hydrogen-bond donors (Lipinski definition) is 2. The molecule has 4 atom stereocenters. The molecule has 0 aromatic rings. The zero-order chi connectivity index (χ0) is 12.3. The van der Waals surface area contributed by atoms with Crippen molar-refractivity contribution in [3.63, 3.8) is 0 Å². The first-order chi connectivity index (χ1) is 8.16.